The van der Waals surface area contributed by atoms with Gasteiger partial charge in [0.15, 0.2) is 0 Å². The second-order valence-corrected chi connectivity index (χ2v) is 8.28. The van der Waals surface area contributed by atoms with Crippen molar-refractivity contribution >= 4 is 23.6 Å². The number of hydrogen-bond donors (Lipinski definition) is 2. The Hall–Kier alpha value is -1.73. The smallest absolute Gasteiger partial charge is 0.313 e. The number of furan rings is 1. The van der Waals surface area contributed by atoms with Crippen LogP contribution in [-0.4, -0.2) is 57.2 Å². The molecule has 2 N–H and O–H groups in total. The lowest BCUT2D eigenvalue weighted by atomic mass is 9.96. The Morgan fingerprint density at radius 1 is 1.41 bits per heavy atom. The number of carbonyl (C=O) groups is 2. The molecule has 7 heteroatoms. The summed E-state index contributed by atoms with van der Waals surface area (Å²) in [5, 5.41) is 18.9. The predicted octanol–water partition coefficient (Wildman–Crippen LogP) is 3.06. The molecular formula is C20H29NO5S. The van der Waals surface area contributed by atoms with Crippen molar-refractivity contribution in [3.8, 4) is 0 Å². The van der Waals surface area contributed by atoms with Crippen molar-refractivity contribution in [2.24, 2.45) is 0 Å². The molecule has 1 unspecified atom stereocenters. The minimum Gasteiger partial charge on any atom is -0.481 e. The van der Waals surface area contributed by atoms with Gasteiger partial charge in [-0.05, 0) is 35.6 Å². The fraction of sp³-hybridized carbons (Fsp3) is 0.600. The van der Waals surface area contributed by atoms with Gasteiger partial charge in [-0.15, -0.1) is 0 Å². The fourth-order valence-corrected chi connectivity index (χ4v) is 3.87. The molecule has 1 aliphatic heterocycles. The molecule has 1 saturated heterocycles. The zero-order valence-electron chi connectivity index (χ0n) is 16.0. The Bertz CT molecular complexity index is 655. The summed E-state index contributed by atoms with van der Waals surface area (Å²) in [5.41, 5.74) is 2.13. The van der Waals surface area contributed by atoms with Crippen LogP contribution in [-0.2, 0) is 16.0 Å². The van der Waals surface area contributed by atoms with Gasteiger partial charge in [-0.25, -0.2) is 0 Å². The van der Waals surface area contributed by atoms with E-state index in [-0.39, 0.29) is 17.7 Å². The van der Waals surface area contributed by atoms with Gasteiger partial charge in [0, 0.05) is 13.0 Å². The number of β-lactam (4-membered cyclic amide) rings is 1. The third-order valence-electron chi connectivity index (χ3n) is 4.65. The molecule has 1 aliphatic rings. The highest BCUT2D eigenvalue weighted by atomic mass is 32.2. The van der Waals surface area contributed by atoms with Crippen molar-refractivity contribution in [3.63, 3.8) is 0 Å². The third kappa shape index (κ3) is 6.74. The first-order valence-corrected chi connectivity index (χ1v) is 10.5. The molecule has 2 atom stereocenters. The van der Waals surface area contributed by atoms with E-state index in [2.05, 4.69) is 13.8 Å². The van der Waals surface area contributed by atoms with Crippen molar-refractivity contribution in [2.45, 2.75) is 57.6 Å². The number of nitrogens with zero attached hydrogens (tertiary/aromatic N) is 1. The van der Waals surface area contributed by atoms with Gasteiger partial charge in [-0.3, -0.25) is 9.59 Å². The van der Waals surface area contributed by atoms with E-state index >= 15 is 0 Å². The summed E-state index contributed by atoms with van der Waals surface area (Å²) in [5.74, 6) is 0.604. The molecule has 0 aliphatic carbocycles. The molecule has 2 heterocycles. The highest BCUT2D eigenvalue weighted by molar-refractivity contribution is 7.99. The maximum atomic E-state index is 11.8. The quantitative estimate of drug-likeness (QED) is 0.321. The molecule has 2 rings (SSSR count). The van der Waals surface area contributed by atoms with Gasteiger partial charge < -0.3 is 19.5 Å². The largest absolute Gasteiger partial charge is 0.481 e. The maximum absolute atomic E-state index is 11.8. The van der Waals surface area contributed by atoms with Crippen LogP contribution in [0.4, 0.5) is 0 Å². The molecule has 0 radical (unpaired) electrons. The zero-order chi connectivity index (χ0) is 19.8. The monoisotopic (exact) mass is 395 g/mol. The topological polar surface area (TPSA) is 91.0 Å². The van der Waals surface area contributed by atoms with E-state index in [0.29, 0.717) is 25.3 Å². The Labute approximate surface area is 164 Å². The van der Waals surface area contributed by atoms with Gasteiger partial charge >= 0.3 is 5.97 Å². The van der Waals surface area contributed by atoms with Gasteiger partial charge in [0.05, 0.1) is 36.8 Å². The lowest BCUT2D eigenvalue weighted by Gasteiger charge is -2.39. The summed E-state index contributed by atoms with van der Waals surface area (Å²) in [7, 11) is 0. The van der Waals surface area contributed by atoms with Crippen molar-refractivity contribution in [3.05, 3.63) is 35.8 Å². The summed E-state index contributed by atoms with van der Waals surface area (Å²) >= 11 is 1.40. The number of aliphatic hydroxyl groups is 1. The fourth-order valence-electron chi connectivity index (χ4n) is 3.14. The number of thioether (sulfide) groups is 1. The summed E-state index contributed by atoms with van der Waals surface area (Å²) in [6, 6.07) is 0.0488. The number of hydrogen-bond acceptors (Lipinski definition) is 5. The lowest BCUT2D eigenvalue weighted by Crippen LogP contribution is -2.51. The highest BCUT2D eigenvalue weighted by Gasteiger charge is 2.33. The highest BCUT2D eigenvalue weighted by Crippen LogP contribution is 2.24. The lowest BCUT2D eigenvalue weighted by molar-refractivity contribution is -0.143. The SMILES string of the molecule is CC(C)c1cocc1CC(O)C=C[C@H]1CC(=O)N1CCCCSCC(=O)O. The molecule has 1 aromatic rings. The number of likely N-dealkylation sites (tertiary alicyclic amines) is 1. The van der Waals surface area contributed by atoms with Crippen molar-refractivity contribution in [2.75, 3.05) is 18.1 Å². The molecule has 6 nitrogen and oxygen atoms in total. The minimum absolute atomic E-state index is 0.0488. The van der Waals surface area contributed by atoms with Gasteiger partial charge in [0.2, 0.25) is 5.91 Å². The summed E-state index contributed by atoms with van der Waals surface area (Å²) in [4.78, 5) is 24.1. The van der Waals surface area contributed by atoms with Crippen molar-refractivity contribution < 1.29 is 24.2 Å². The van der Waals surface area contributed by atoms with Crippen molar-refractivity contribution in [1.82, 2.24) is 4.90 Å². The first-order chi connectivity index (χ1) is 12.9. The molecule has 0 spiro atoms. The molecule has 1 fully saturated rings. The first kappa shape index (κ1) is 21.6. The third-order valence-corrected chi connectivity index (χ3v) is 5.68. The average Bonchev–Trinajstić information content (AvgIpc) is 3.05. The average molecular weight is 396 g/mol. The van der Waals surface area contributed by atoms with Crippen LogP contribution in [0.1, 0.15) is 50.2 Å². The summed E-state index contributed by atoms with van der Waals surface area (Å²) < 4.78 is 5.26. The second kappa shape index (κ2) is 10.6. The number of rotatable bonds is 12. The number of amides is 1. The van der Waals surface area contributed by atoms with E-state index in [4.69, 9.17) is 9.52 Å². The Morgan fingerprint density at radius 2 is 2.19 bits per heavy atom. The zero-order valence-corrected chi connectivity index (χ0v) is 16.8. The van der Waals surface area contributed by atoms with E-state index in [1.165, 1.54) is 11.8 Å². The molecular weight excluding hydrogens is 366 g/mol. The van der Waals surface area contributed by atoms with Crippen LogP contribution in [0.2, 0.25) is 0 Å². The van der Waals surface area contributed by atoms with E-state index in [9.17, 15) is 14.7 Å². The Morgan fingerprint density at radius 3 is 2.85 bits per heavy atom. The van der Waals surface area contributed by atoms with E-state index in [0.717, 1.165) is 29.7 Å². The van der Waals surface area contributed by atoms with Gasteiger partial charge in [0.25, 0.3) is 0 Å². The predicted molar refractivity (Wildman–Crippen MR) is 106 cm³/mol. The number of aliphatic hydroxyl groups excluding tert-OH is 1. The van der Waals surface area contributed by atoms with Gasteiger partial charge in [-0.1, -0.05) is 26.0 Å². The molecule has 0 aromatic carbocycles. The number of carboxylic acids is 1. The van der Waals surface area contributed by atoms with Crippen LogP contribution in [0.3, 0.4) is 0 Å². The first-order valence-electron chi connectivity index (χ1n) is 9.38. The Kier molecular flexibility index (Phi) is 8.44. The maximum Gasteiger partial charge on any atom is 0.313 e. The van der Waals surface area contributed by atoms with Gasteiger partial charge in [0.1, 0.15) is 0 Å². The normalized spacial score (nSPS) is 18.3. The molecule has 1 amide bonds. The summed E-state index contributed by atoms with van der Waals surface area (Å²) in [6.45, 7) is 4.86. The molecule has 1 aromatic heterocycles. The van der Waals surface area contributed by atoms with Crippen molar-refractivity contribution in [1.29, 1.82) is 0 Å². The Balaban J connectivity index is 1.72. The van der Waals surface area contributed by atoms with E-state index in [1.807, 2.05) is 11.0 Å². The molecule has 150 valence electrons. The van der Waals surface area contributed by atoms with Crippen LogP contribution >= 0.6 is 11.8 Å². The summed E-state index contributed by atoms with van der Waals surface area (Å²) in [6.07, 6.45) is 9.24. The number of carbonyl (C=O) groups excluding carboxylic acids is 1. The number of carboxylic acid groups (broad SMARTS) is 1. The van der Waals surface area contributed by atoms with Crippen LogP contribution in [0, 0.1) is 0 Å². The van der Waals surface area contributed by atoms with Crippen LogP contribution in [0.5, 0.6) is 0 Å². The number of unbranched alkanes of at least 4 members (excludes halogenated alkanes) is 1. The minimum atomic E-state index is -0.794. The molecule has 27 heavy (non-hydrogen) atoms. The molecule has 0 saturated carbocycles. The number of aliphatic carboxylic acids is 1. The molecule has 0 bridgehead atoms. The van der Waals surface area contributed by atoms with Crippen LogP contribution in [0.25, 0.3) is 0 Å². The van der Waals surface area contributed by atoms with Gasteiger partial charge in [-0.2, -0.15) is 11.8 Å². The standard InChI is InChI=1S/C20H29NO5S/c1-14(2)18-12-26-11-15(18)9-17(22)6-5-16-10-19(23)21(16)7-3-4-8-27-13-20(24)25/h5-6,11-12,14,16-17,22H,3-4,7-10,13H2,1-2H3,(H,24,25)/t16-,17?/m0/s1. The second-order valence-electron chi connectivity index (χ2n) is 7.18. The van der Waals surface area contributed by atoms with Crippen LogP contribution < -0.4 is 0 Å². The van der Waals surface area contributed by atoms with E-state index < -0.39 is 12.1 Å². The van der Waals surface area contributed by atoms with E-state index in [1.54, 1.807) is 18.6 Å². The van der Waals surface area contributed by atoms with Crippen LogP contribution in [0.15, 0.2) is 29.1 Å².